The molecule has 0 unspecified atom stereocenters. The highest BCUT2D eigenvalue weighted by molar-refractivity contribution is 5.94. The summed E-state index contributed by atoms with van der Waals surface area (Å²) in [4.78, 5) is 30.1. The summed E-state index contributed by atoms with van der Waals surface area (Å²) in [6.45, 7) is 3.66. The second-order valence-corrected chi connectivity index (χ2v) is 6.88. The van der Waals surface area contributed by atoms with Crippen LogP contribution in [0.2, 0.25) is 0 Å². The average molecular weight is 379 g/mol. The van der Waals surface area contributed by atoms with E-state index in [9.17, 15) is 14.7 Å². The molecular weight excluding hydrogens is 354 g/mol. The second kappa shape index (κ2) is 8.80. The third kappa shape index (κ3) is 3.97. The highest BCUT2D eigenvalue weighted by Gasteiger charge is 2.49. The lowest BCUT2D eigenvalue weighted by atomic mass is 9.75. The van der Waals surface area contributed by atoms with Crippen LogP contribution in [-0.2, 0) is 4.79 Å². The van der Waals surface area contributed by atoms with E-state index in [1.54, 1.807) is 29.4 Å². The number of benzene rings is 1. The van der Waals surface area contributed by atoms with Crippen molar-refractivity contribution in [2.24, 2.45) is 0 Å². The molecule has 6 heteroatoms. The number of amides is 2. The first kappa shape index (κ1) is 19.8. The van der Waals surface area contributed by atoms with E-state index < -0.39 is 0 Å². The van der Waals surface area contributed by atoms with Crippen molar-refractivity contribution in [1.82, 2.24) is 15.2 Å². The molecule has 3 atom stereocenters. The van der Waals surface area contributed by atoms with Crippen LogP contribution in [0.5, 0.6) is 0 Å². The standard InChI is InChI=1S/C22H25N3O3/c1-3-4-16-5-7-17(8-6-16)21-19(25(15(2)27)20(21)14-26)13-24-22(28)18-9-11-23-12-10-18/h3-12,19-21,26H,13-14H2,1-2H3,(H,24,28)/b4-3+/t19-,20+,21+/m1/s1. The minimum absolute atomic E-state index is 0.0358. The molecule has 146 valence electrons. The summed E-state index contributed by atoms with van der Waals surface area (Å²) < 4.78 is 0. The Balaban J connectivity index is 1.78. The number of hydrogen-bond donors (Lipinski definition) is 2. The van der Waals surface area contributed by atoms with Crippen molar-refractivity contribution < 1.29 is 14.7 Å². The molecule has 28 heavy (non-hydrogen) atoms. The fourth-order valence-corrected chi connectivity index (χ4v) is 3.91. The van der Waals surface area contributed by atoms with Crippen molar-refractivity contribution in [2.75, 3.05) is 13.2 Å². The van der Waals surface area contributed by atoms with Crippen molar-refractivity contribution in [2.45, 2.75) is 31.8 Å². The molecule has 0 radical (unpaired) electrons. The molecule has 6 nitrogen and oxygen atoms in total. The Bertz CT molecular complexity index is 849. The van der Waals surface area contributed by atoms with Crippen molar-refractivity contribution in [3.05, 3.63) is 71.6 Å². The topological polar surface area (TPSA) is 82.5 Å². The molecule has 1 aliphatic heterocycles. The maximum absolute atomic E-state index is 12.4. The Morgan fingerprint density at radius 3 is 2.39 bits per heavy atom. The van der Waals surface area contributed by atoms with E-state index in [4.69, 9.17) is 0 Å². The van der Waals surface area contributed by atoms with Crippen LogP contribution >= 0.6 is 0 Å². The van der Waals surface area contributed by atoms with Crippen LogP contribution in [0.1, 0.15) is 41.3 Å². The number of aliphatic hydroxyl groups excluding tert-OH is 1. The van der Waals surface area contributed by atoms with E-state index in [0.29, 0.717) is 12.1 Å². The van der Waals surface area contributed by atoms with Crippen LogP contribution in [0.15, 0.2) is 54.9 Å². The number of carbonyl (C=O) groups excluding carboxylic acids is 2. The molecule has 3 rings (SSSR count). The fraction of sp³-hybridized carbons (Fsp3) is 0.318. The largest absolute Gasteiger partial charge is 0.394 e. The van der Waals surface area contributed by atoms with E-state index in [1.165, 1.54) is 6.92 Å². The number of pyridine rings is 1. The van der Waals surface area contributed by atoms with Gasteiger partial charge in [-0.15, -0.1) is 0 Å². The molecule has 2 aromatic rings. The van der Waals surface area contributed by atoms with Crippen molar-refractivity contribution in [3.63, 3.8) is 0 Å². The zero-order valence-electron chi connectivity index (χ0n) is 16.1. The van der Waals surface area contributed by atoms with E-state index in [-0.39, 0.29) is 36.4 Å². The smallest absolute Gasteiger partial charge is 0.251 e. The van der Waals surface area contributed by atoms with Gasteiger partial charge in [-0.1, -0.05) is 36.4 Å². The molecule has 2 heterocycles. The average Bonchev–Trinajstić information content (AvgIpc) is 2.69. The van der Waals surface area contributed by atoms with Crippen molar-refractivity contribution >= 4 is 17.9 Å². The van der Waals surface area contributed by atoms with Gasteiger partial charge >= 0.3 is 0 Å². The van der Waals surface area contributed by atoms with Gasteiger partial charge in [0.05, 0.1) is 18.7 Å². The summed E-state index contributed by atoms with van der Waals surface area (Å²) in [5.74, 6) is -0.351. The van der Waals surface area contributed by atoms with Crippen molar-refractivity contribution in [3.8, 4) is 0 Å². The molecule has 2 amide bonds. The molecule has 1 aliphatic rings. The van der Waals surface area contributed by atoms with Gasteiger partial charge in [0.25, 0.3) is 5.91 Å². The molecule has 1 saturated heterocycles. The van der Waals surface area contributed by atoms with Crippen molar-refractivity contribution in [1.29, 1.82) is 0 Å². The number of allylic oxidation sites excluding steroid dienone is 1. The predicted molar refractivity (Wildman–Crippen MR) is 108 cm³/mol. The Hall–Kier alpha value is -2.99. The first-order chi connectivity index (χ1) is 13.6. The Kier molecular flexibility index (Phi) is 6.21. The molecular formula is C22H25N3O3. The number of nitrogens with zero attached hydrogens (tertiary/aromatic N) is 2. The number of rotatable bonds is 6. The van der Waals surface area contributed by atoms with Crippen LogP contribution < -0.4 is 5.32 Å². The number of aromatic nitrogens is 1. The number of carbonyl (C=O) groups is 2. The highest BCUT2D eigenvalue weighted by atomic mass is 16.3. The number of hydrogen-bond acceptors (Lipinski definition) is 4. The molecule has 0 bridgehead atoms. The van der Waals surface area contributed by atoms with Crippen LogP contribution in [0.4, 0.5) is 0 Å². The number of aliphatic hydroxyl groups is 1. The van der Waals surface area contributed by atoms with E-state index in [2.05, 4.69) is 10.3 Å². The zero-order valence-corrected chi connectivity index (χ0v) is 16.1. The van der Waals surface area contributed by atoms with E-state index >= 15 is 0 Å². The SMILES string of the molecule is C/C=C/c1ccc([C@H]2[C@@H](CNC(=O)c3ccncc3)N(C(C)=O)[C@H]2CO)cc1. The summed E-state index contributed by atoms with van der Waals surface area (Å²) in [5, 5.41) is 12.8. The third-order valence-corrected chi connectivity index (χ3v) is 5.19. The first-order valence-corrected chi connectivity index (χ1v) is 9.37. The van der Waals surface area contributed by atoms with Gasteiger partial charge in [-0.05, 0) is 30.2 Å². The lowest BCUT2D eigenvalue weighted by molar-refractivity contribution is -0.147. The monoisotopic (exact) mass is 379 g/mol. The van der Waals surface area contributed by atoms with Gasteiger partial charge in [0.15, 0.2) is 0 Å². The quantitative estimate of drug-likeness (QED) is 0.806. The molecule has 1 aromatic carbocycles. The Morgan fingerprint density at radius 1 is 1.14 bits per heavy atom. The van der Waals surface area contributed by atoms with Gasteiger partial charge in [-0.25, -0.2) is 0 Å². The molecule has 0 saturated carbocycles. The summed E-state index contributed by atoms with van der Waals surface area (Å²) >= 11 is 0. The van der Waals surface area contributed by atoms with Crippen LogP contribution in [-0.4, -0.2) is 52.0 Å². The maximum atomic E-state index is 12.4. The Labute approximate surface area is 164 Å². The second-order valence-electron chi connectivity index (χ2n) is 6.88. The third-order valence-electron chi connectivity index (χ3n) is 5.19. The fourth-order valence-electron chi connectivity index (χ4n) is 3.91. The summed E-state index contributed by atoms with van der Waals surface area (Å²) in [6.07, 6.45) is 7.13. The molecule has 1 aromatic heterocycles. The van der Waals surface area contributed by atoms with Gasteiger partial charge in [0.2, 0.25) is 5.91 Å². The zero-order chi connectivity index (χ0) is 20.1. The first-order valence-electron chi connectivity index (χ1n) is 9.37. The summed E-state index contributed by atoms with van der Waals surface area (Å²) in [7, 11) is 0. The van der Waals surface area contributed by atoms with Gasteiger partial charge < -0.3 is 15.3 Å². The molecule has 0 aliphatic carbocycles. The van der Waals surface area contributed by atoms with E-state index in [1.807, 2.05) is 43.3 Å². The number of likely N-dealkylation sites (tertiary alicyclic amines) is 1. The predicted octanol–water partition coefficient (Wildman–Crippen LogP) is 2.22. The molecule has 0 spiro atoms. The van der Waals surface area contributed by atoms with Crippen LogP contribution in [0.3, 0.4) is 0 Å². The van der Waals surface area contributed by atoms with E-state index in [0.717, 1.165) is 11.1 Å². The van der Waals surface area contributed by atoms with Gasteiger partial charge in [0, 0.05) is 37.3 Å². The minimum Gasteiger partial charge on any atom is -0.394 e. The normalized spacial score (nSPS) is 21.4. The van der Waals surface area contributed by atoms with Gasteiger partial charge in [-0.3, -0.25) is 14.6 Å². The maximum Gasteiger partial charge on any atom is 0.251 e. The lowest BCUT2D eigenvalue weighted by Gasteiger charge is -2.54. The van der Waals surface area contributed by atoms with Crippen LogP contribution in [0.25, 0.3) is 6.08 Å². The highest BCUT2D eigenvalue weighted by Crippen LogP contribution is 2.40. The molecule has 2 N–H and O–H groups in total. The number of nitrogens with one attached hydrogen (secondary N) is 1. The van der Waals surface area contributed by atoms with Gasteiger partial charge in [0.1, 0.15) is 0 Å². The summed E-state index contributed by atoms with van der Waals surface area (Å²) in [6, 6.07) is 10.9. The summed E-state index contributed by atoms with van der Waals surface area (Å²) in [5.41, 5.74) is 2.67. The lowest BCUT2D eigenvalue weighted by Crippen LogP contribution is -2.68. The minimum atomic E-state index is -0.284. The van der Waals surface area contributed by atoms with Crippen LogP contribution in [0, 0.1) is 0 Å². The Morgan fingerprint density at radius 2 is 1.82 bits per heavy atom. The molecule has 1 fully saturated rings. The van der Waals surface area contributed by atoms with Gasteiger partial charge in [-0.2, -0.15) is 0 Å².